The molecule has 7 heteroatoms. The lowest BCUT2D eigenvalue weighted by molar-refractivity contribution is 0.0717. The number of aryl methyl sites for hydroxylation is 2. The first-order valence-corrected chi connectivity index (χ1v) is 10.3. The molecule has 5 rings (SSSR count). The second kappa shape index (κ2) is 7.60. The molecule has 0 aliphatic carbocycles. The van der Waals surface area contributed by atoms with Crippen molar-refractivity contribution in [2.75, 3.05) is 7.11 Å². The van der Waals surface area contributed by atoms with Gasteiger partial charge in [0.1, 0.15) is 28.6 Å². The number of hydrogen-bond donors (Lipinski definition) is 2. The number of aromatic hydroxyl groups is 1. The van der Waals surface area contributed by atoms with Crippen molar-refractivity contribution in [3.05, 3.63) is 88.5 Å². The second-order valence-electron chi connectivity index (χ2n) is 8.02. The van der Waals surface area contributed by atoms with Crippen LogP contribution in [0.15, 0.2) is 59.2 Å². The first-order chi connectivity index (χ1) is 15.5. The van der Waals surface area contributed by atoms with E-state index in [9.17, 15) is 9.90 Å². The Labute approximate surface area is 185 Å². The molecule has 7 nitrogen and oxygen atoms in total. The van der Waals surface area contributed by atoms with E-state index in [1.165, 1.54) is 0 Å². The minimum atomic E-state index is -0.401. The molecule has 0 saturated carbocycles. The number of rotatable bonds is 5. The Morgan fingerprint density at radius 1 is 1.19 bits per heavy atom. The number of aromatic amines is 1. The number of nitrogens with one attached hydrogen (secondary N) is 1. The van der Waals surface area contributed by atoms with E-state index >= 15 is 0 Å². The van der Waals surface area contributed by atoms with Crippen LogP contribution in [0.25, 0.3) is 11.3 Å². The Bertz CT molecular complexity index is 1270. The number of ether oxygens (including phenoxy) is 1. The highest BCUT2D eigenvalue weighted by Crippen LogP contribution is 2.46. The molecule has 4 aromatic rings. The van der Waals surface area contributed by atoms with Crippen molar-refractivity contribution >= 4 is 5.91 Å². The number of H-pyrrole nitrogens is 1. The zero-order chi connectivity index (χ0) is 22.4. The summed E-state index contributed by atoms with van der Waals surface area (Å²) < 4.78 is 10.8. The first-order valence-electron chi connectivity index (χ1n) is 10.3. The molecular weight excluding hydrogens is 406 g/mol. The molecule has 0 fully saturated rings. The molecule has 0 saturated heterocycles. The van der Waals surface area contributed by atoms with Crippen LogP contribution in [0.5, 0.6) is 11.5 Å². The van der Waals surface area contributed by atoms with Gasteiger partial charge in [-0.2, -0.15) is 5.10 Å². The summed E-state index contributed by atoms with van der Waals surface area (Å²) in [5.74, 6) is 1.39. The molecule has 2 N–H and O–H groups in total. The summed E-state index contributed by atoms with van der Waals surface area (Å²) in [5.41, 5.74) is 5.13. The third-order valence-electron chi connectivity index (χ3n) is 5.90. The van der Waals surface area contributed by atoms with E-state index in [0.717, 1.165) is 28.0 Å². The second-order valence-corrected chi connectivity index (χ2v) is 8.02. The summed E-state index contributed by atoms with van der Waals surface area (Å²) in [6, 6.07) is 14.6. The zero-order valence-electron chi connectivity index (χ0n) is 18.0. The van der Waals surface area contributed by atoms with Gasteiger partial charge in [-0.15, -0.1) is 0 Å². The van der Waals surface area contributed by atoms with Gasteiger partial charge in [0, 0.05) is 11.1 Å². The summed E-state index contributed by atoms with van der Waals surface area (Å²) in [5, 5.41) is 18.2. The van der Waals surface area contributed by atoms with Crippen LogP contribution in [0.1, 0.15) is 44.5 Å². The zero-order valence-corrected chi connectivity index (χ0v) is 18.0. The molecule has 2 aromatic heterocycles. The number of amides is 1. The van der Waals surface area contributed by atoms with E-state index in [1.54, 1.807) is 30.4 Å². The van der Waals surface area contributed by atoms with Crippen molar-refractivity contribution in [2.45, 2.75) is 26.4 Å². The monoisotopic (exact) mass is 429 g/mol. The molecule has 2 aromatic carbocycles. The molecule has 0 bridgehead atoms. The molecule has 1 aliphatic rings. The van der Waals surface area contributed by atoms with Gasteiger partial charge < -0.3 is 19.2 Å². The van der Waals surface area contributed by atoms with E-state index < -0.39 is 6.04 Å². The molecule has 3 heterocycles. The summed E-state index contributed by atoms with van der Waals surface area (Å²) in [6.07, 6.45) is 1.60. The van der Waals surface area contributed by atoms with E-state index in [2.05, 4.69) is 10.2 Å². The quantitative estimate of drug-likeness (QED) is 0.478. The Kier molecular flexibility index (Phi) is 4.74. The lowest BCUT2D eigenvalue weighted by atomic mass is 9.93. The highest BCUT2D eigenvalue weighted by Gasteiger charge is 2.43. The number of carbonyl (C=O) groups excluding carboxylic acids is 1. The maximum absolute atomic E-state index is 13.4. The number of furan rings is 1. The van der Waals surface area contributed by atoms with Crippen LogP contribution in [0.4, 0.5) is 0 Å². The predicted molar refractivity (Wildman–Crippen MR) is 119 cm³/mol. The topological polar surface area (TPSA) is 91.6 Å². The van der Waals surface area contributed by atoms with Gasteiger partial charge in [-0.25, -0.2) is 0 Å². The molecule has 1 atom stereocenters. The Hall–Kier alpha value is -4.00. The van der Waals surface area contributed by atoms with Crippen molar-refractivity contribution in [1.29, 1.82) is 0 Å². The summed E-state index contributed by atoms with van der Waals surface area (Å²) in [6.45, 7) is 4.17. The van der Waals surface area contributed by atoms with Crippen molar-refractivity contribution < 1.29 is 19.1 Å². The normalized spacial score (nSPS) is 15.3. The molecular formula is C25H23N3O4. The van der Waals surface area contributed by atoms with Gasteiger partial charge >= 0.3 is 0 Å². The van der Waals surface area contributed by atoms with Crippen LogP contribution in [0.3, 0.4) is 0 Å². The Morgan fingerprint density at radius 2 is 1.97 bits per heavy atom. The van der Waals surface area contributed by atoms with E-state index in [1.807, 2.05) is 50.2 Å². The SMILES string of the molecule is COc1ccc([C@H]2c3c(-c4c(C)cc(C)cc4O)n[nH]c3C(=O)N2Cc2ccco2)cc1. The fourth-order valence-electron chi connectivity index (χ4n) is 4.51. The van der Waals surface area contributed by atoms with Gasteiger partial charge in [0.2, 0.25) is 0 Å². The fourth-order valence-corrected chi connectivity index (χ4v) is 4.51. The maximum atomic E-state index is 13.4. The van der Waals surface area contributed by atoms with Gasteiger partial charge in [0.25, 0.3) is 5.91 Å². The smallest absolute Gasteiger partial charge is 0.273 e. The number of nitrogens with zero attached hydrogens (tertiary/aromatic N) is 2. The van der Waals surface area contributed by atoms with Crippen LogP contribution >= 0.6 is 0 Å². The predicted octanol–water partition coefficient (Wildman–Crippen LogP) is 4.75. The summed E-state index contributed by atoms with van der Waals surface area (Å²) >= 11 is 0. The molecule has 1 aliphatic heterocycles. The van der Waals surface area contributed by atoms with Gasteiger partial charge in [0.15, 0.2) is 0 Å². The number of phenols is 1. The van der Waals surface area contributed by atoms with Crippen molar-refractivity contribution in [3.63, 3.8) is 0 Å². The molecule has 0 radical (unpaired) electrons. The number of phenolic OH excluding ortho intramolecular Hbond substituents is 1. The number of fused-ring (bicyclic) bond motifs is 1. The van der Waals surface area contributed by atoms with Crippen LogP contribution in [0.2, 0.25) is 0 Å². The number of hydrogen-bond acceptors (Lipinski definition) is 5. The maximum Gasteiger partial charge on any atom is 0.273 e. The highest BCUT2D eigenvalue weighted by atomic mass is 16.5. The standard InChI is InChI=1S/C25H23N3O4/c1-14-11-15(2)20(19(29)12-14)22-21-23(27-26-22)25(30)28(13-18-5-4-10-32-18)24(21)16-6-8-17(31-3)9-7-16/h4-12,24,29H,13H2,1-3H3,(H,26,27)/t24-/m0/s1. The summed E-state index contributed by atoms with van der Waals surface area (Å²) in [4.78, 5) is 15.2. The van der Waals surface area contributed by atoms with Crippen molar-refractivity contribution in [3.8, 4) is 22.8 Å². The van der Waals surface area contributed by atoms with E-state index in [4.69, 9.17) is 9.15 Å². The van der Waals surface area contributed by atoms with Crippen LogP contribution < -0.4 is 4.74 Å². The van der Waals surface area contributed by atoms with Gasteiger partial charge in [-0.05, 0) is 60.9 Å². The van der Waals surface area contributed by atoms with E-state index in [0.29, 0.717) is 29.3 Å². The number of benzene rings is 2. The molecule has 162 valence electrons. The third kappa shape index (κ3) is 3.13. The molecule has 0 spiro atoms. The molecule has 0 unspecified atom stereocenters. The molecule has 1 amide bonds. The van der Waals surface area contributed by atoms with E-state index in [-0.39, 0.29) is 11.7 Å². The Balaban J connectivity index is 1.69. The first kappa shape index (κ1) is 19.9. The van der Waals surface area contributed by atoms with Crippen LogP contribution in [-0.4, -0.2) is 33.2 Å². The number of aromatic nitrogens is 2. The average Bonchev–Trinajstić information content (AvgIpc) is 3.48. The van der Waals surface area contributed by atoms with Gasteiger partial charge in [-0.3, -0.25) is 9.89 Å². The van der Waals surface area contributed by atoms with Gasteiger partial charge in [0.05, 0.1) is 26.0 Å². The highest BCUT2D eigenvalue weighted by molar-refractivity contribution is 6.00. The molecule has 32 heavy (non-hydrogen) atoms. The lowest BCUT2D eigenvalue weighted by Gasteiger charge is -2.26. The van der Waals surface area contributed by atoms with Crippen LogP contribution in [0, 0.1) is 13.8 Å². The summed E-state index contributed by atoms with van der Waals surface area (Å²) in [7, 11) is 1.62. The van der Waals surface area contributed by atoms with Crippen molar-refractivity contribution in [1.82, 2.24) is 15.1 Å². The largest absolute Gasteiger partial charge is 0.507 e. The minimum Gasteiger partial charge on any atom is -0.507 e. The lowest BCUT2D eigenvalue weighted by Crippen LogP contribution is -2.29. The van der Waals surface area contributed by atoms with Crippen molar-refractivity contribution in [2.24, 2.45) is 0 Å². The van der Waals surface area contributed by atoms with Gasteiger partial charge in [-0.1, -0.05) is 18.2 Å². The number of methoxy groups -OCH3 is 1. The third-order valence-corrected chi connectivity index (χ3v) is 5.90. The average molecular weight is 429 g/mol. The van der Waals surface area contributed by atoms with Crippen LogP contribution in [-0.2, 0) is 6.54 Å². The fraction of sp³-hybridized carbons (Fsp3) is 0.200. The Morgan fingerprint density at radius 3 is 2.62 bits per heavy atom. The minimum absolute atomic E-state index is 0.141. The number of carbonyl (C=O) groups is 1.